The summed E-state index contributed by atoms with van der Waals surface area (Å²) in [6, 6.07) is 13.8. The summed E-state index contributed by atoms with van der Waals surface area (Å²) in [7, 11) is 3.22. The lowest BCUT2D eigenvalue weighted by Crippen LogP contribution is -2.20. The van der Waals surface area contributed by atoms with Crippen LogP contribution in [0.4, 0.5) is 0 Å². The quantitative estimate of drug-likeness (QED) is 0.726. The van der Waals surface area contributed by atoms with Crippen molar-refractivity contribution in [3.05, 3.63) is 48.0 Å². The lowest BCUT2D eigenvalue weighted by Gasteiger charge is -2.21. The van der Waals surface area contributed by atoms with Gasteiger partial charge in [-0.05, 0) is 29.8 Å². The Balaban J connectivity index is 2.05. The highest BCUT2D eigenvalue weighted by molar-refractivity contribution is 6.02. The van der Waals surface area contributed by atoms with Crippen LogP contribution < -0.4 is 9.47 Å². The minimum atomic E-state index is 0.0796. The fraction of sp³-hybridized carbons (Fsp3) is 0.167. The van der Waals surface area contributed by atoms with Crippen molar-refractivity contribution in [3.8, 4) is 22.8 Å². The summed E-state index contributed by atoms with van der Waals surface area (Å²) < 4.78 is 12.5. The van der Waals surface area contributed by atoms with E-state index < -0.39 is 0 Å². The highest BCUT2D eigenvalue weighted by atomic mass is 16.5. The predicted molar refractivity (Wildman–Crippen MR) is 84.8 cm³/mol. The van der Waals surface area contributed by atoms with Crippen LogP contribution in [-0.2, 0) is 6.42 Å². The Morgan fingerprint density at radius 1 is 1.00 bits per heavy atom. The van der Waals surface area contributed by atoms with Crippen molar-refractivity contribution in [3.63, 3.8) is 0 Å². The summed E-state index contributed by atoms with van der Waals surface area (Å²) in [6.07, 6.45) is 0.362. The van der Waals surface area contributed by atoms with Crippen LogP contribution in [0.15, 0.2) is 42.5 Å². The van der Waals surface area contributed by atoms with Gasteiger partial charge in [0.05, 0.1) is 31.9 Å². The average Bonchev–Trinajstić information content (AvgIpc) is 2.94. The molecule has 3 aromatic rings. The van der Waals surface area contributed by atoms with Gasteiger partial charge in [-0.15, -0.1) is 0 Å². The van der Waals surface area contributed by atoms with Gasteiger partial charge in [0.2, 0.25) is 5.91 Å². The molecular weight excluding hydrogens is 278 g/mol. The molecule has 110 valence electrons. The van der Waals surface area contributed by atoms with Crippen LogP contribution in [0.1, 0.15) is 10.4 Å². The zero-order valence-corrected chi connectivity index (χ0v) is 12.4. The number of benzene rings is 2. The number of fused-ring (bicyclic) bond motifs is 5. The Kier molecular flexibility index (Phi) is 2.73. The van der Waals surface area contributed by atoms with Gasteiger partial charge in [-0.2, -0.15) is 0 Å². The van der Waals surface area contributed by atoms with Gasteiger partial charge >= 0.3 is 0 Å². The van der Waals surface area contributed by atoms with Crippen molar-refractivity contribution in [2.24, 2.45) is 0 Å². The molecule has 22 heavy (non-hydrogen) atoms. The molecule has 0 unspecified atom stereocenters. The molecule has 4 heteroatoms. The Labute approximate surface area is 127 Å². The van der Waals surface area contributed by atoms with E-state index in [2.05, 4.69) is 6.07 Å². The van der Waals surface area contributed by atoms with Gasteiger partial charge in [0.1, 0.15) is 0 Å². The van der Waals surface area contributed by atoms with E-state index in [1.807, 2.05) is 36.4 Å². The highest BCUT2D eigenvalue weighted by Gasteiger charge is 2.26. The molecule has 4 rings (SSSR count). The van der Waals surface area contributed by atoms with Crippen molar-refractivity contribution in [2.45, 2.75) is 6.42 Å². The third-order valence-electron chi connectivity index (χ3n) is 4.19. The Bertz CT molecular complexity index is 908. The summed E-state index contributed by atoms with van der Waals surface area (Å²) in [5.74, 6) is 1.40. The molecule has 2 heterocycles. The van der Waals surface area contributed by atoms with Gasteiger partial charge in [-0.25, -0.2) is 0 Å². The van der Waals surface area contributed by atoms with E-state index in [0.29, 0.717) is 17.9 Å². The van der Waals surface area contributed by atoms with Gasteiger partial charge in [0.15, 0.2) is 11.5 Å². The summed E-state index contributed by atoms with van der Waals surface area (Å²) in [6.45, 7) is 0. The number of methoxy groups -OCH3 is 2. The maximum Gasteiger partial charge on any atom is 0.236 e. The molecule has 0 spiro atoms. The molecule has 2 aromatic carbocycles. The lowest BCUT2D eigenvalue weighted by atomic mass is 9.97. The van der Waals surface area contributed by atoms with Crippen molar-refractivity contribution >= 4 is 16.8 Å². The molecule has 0 atom stereocenters. The molecule has 0 radical (unpaired) electrons. The van der Waals surface area contributed by atoms with E-state index in [9.17, 15) is 4.79 Å². The topological polar surface area (TPSA) is 40.5 Å². The Morgan fingerprint density at radius 3 is 2.50 bits per heavy atom. The summed E-state index contributed by atoms with van der Waals surface area (Å²) in [5.41, 5.74) is 3.85. The van der Waals surface area contributed by atoms with Crippen molar-refractivity contribution in [2.75, 3.05) is 14.2 Å². The first-order valence-corrected chi connectivity index (χ1v) is 7.12. The van der Waals surface area contributed by atoms with E-state index in [0.717, 1.165) is 27.7 Å². The van der Waals surface area contributed by atoms with Crippen LogP contribution in [0.5, 0.6) is 11.5 Å². The number of hydrogen-bond acceptors (Lipinski definition) is 3. The monoisotopic (exact) mass is 293 g/mol. The number of aromatic nitrogens is 1. The largest absolute Gasteiger partial charge is 0.493 e. The lowest BCUT2D eigenvalue weighted by molar-refractivity contribution is 0.0918. The second-order valence-electron chi connectivity index (χ2n) is 5.36. The van der Waals surface area contributed by atoms with Crippen molar-refractivity contribution in [1.82, 2.24) is 4.57 Å². The second kappa shape index (κ2) is 4.63. The van der Waals surface area contributed by atoms with E-state index in [4.69, 9.17) is 9.47 Å². The fourth-order valence-corrected chi connectivity index (χ4v) is 3.17. The molecule has 1 aromatic heterocycles. The maximum atomic E-state index is 12.6. The number of para-hydroxylation sites is 1. The molecule has 1 aliphatic heterocycles. The Morgan fingerprint density at radius 2 is 1.73 bits per heavy atom. The smallest absolute Gasteiger partial charge is 0.236 e. The minimum absolute atomic E-state index is 0.0796. The van der Waals surface area contributed by atoms with Crippen LogP contribution in [0.3, 0.4) is 0 Å². The average molecular weight is 293 g/mol. The number of nitrogens with zero attached hydrogens (tertiary/aromatic N) is 1. The highest BCUT2D eigenvalue weighted by Crippen LogP contribution is 2.40. The second-order valence-corrected chi connectivity index (χ2v) is 5.36. The molecule has 0 amide bonds. The van der Waals surface area contributed by atoms with E-state index in [1.54, 1.807) is 18.8 Å². The maximum absolute atomic E-state index is 12.6. The Hall–Kier alpha value is -2.75. The summed E-state index contributed by atoms with van der Waals surface area (Å²) in [5, 5.41) is 1.06. The van der Waals surface area contributed by atoms with Gasteiger partial charge < -0.3 is 9.47 Å². The zero-order valence-electron chi connectivity index (χ0n) is 12.4. The molecule has 0 saturated carbocycles. The van der Waals surface area contributed by atoms with Gasteiger partial charge in [-0.1, -0.05) is 18.2 Å². The first kappa shape index (κ1) is 13.0. The summed E-state index contributed by atoms with van der Waals surface area (Å²) >= 11 is 0. The molecule has 4 nitrogen and oxygen atoms in total. The molecule has 0 aliphatic carbocycles. The molecule has 1 aliphatic rings. The summed E-state index contributed by atoms with van der Waals surface area (Å²) in [4.78, 5) is 12.6. The van der Waals surface area contributed by atoms with E-state index in [1.165, 1.54) is 0 Å². The first-order chi connectivity index (χ1) is 10.7. The number of hydrogen-bond donors (Lipinski definition) is 0. The van der Waals surface area contributed by atoms with Crippen LogP contribution >= 0.6 is 0 Å². The normalized spacial score (nSPS) is 12.9. The van der Waals surface area contributed by atoms with E-state index in [-0.39, 0.29) is 5.91 Å². The van der Waals surface area contributed by atoms with Gasteiger partial charge in [0.25, 0.3) is 0 Å². The molecule has 0 N–H and O–H groups in total. The standard InChI is InChI=1S/C18H15NO3/c1-21-16-8-12-9-18(20)19-14-6-4-3-5-11(14)7-15(19)13(12)10-17(16)22-2/h3-8,10H,9H2,1-2H3. The number of carbonyl (C=O) groups is 1. The molecule has 0 bridgehead atoms. The first-order valence-electron chi connectivity index (χ1n) is 7.12. The number of carbonyl (C=O) groups excluding carboxylic acids is 1. The van der Waals surface area contributed by atoms with Crippen molar-refractivity contribution < 1.29 is 14.3 Å². The predicted octanol–water partition coefficient (Wildman–Crippen LogP) is 3.52. The molecule has 0 saturated heterocycles. The van der Waals surface area contributed by atoms with E-state index >= 15 is 0 Å². The minimum Gasteiger partial charge on any atom is -0.493 e. The third-order valence-corrected chi connectivity index (χ3v) is 4.19. The van der Waals surface area contributed by atoms with Crippen LogP contribution in [0.2, 0.25) is 0 Å². The zero-order chi connectivity index (χ0) is 15.3. The van der Waals surface area contributed by atoms with Gasteiger partial charge in [-0.3, -0.25) is 9.36 Å². The van der Waals surface area contributed by atoms with Crippen molar-refractivity contribution in [1.29, 1.82) is 0 Å². The van der Waals surface area contributed by atoms with Crippen LogP contribution in [-0.4, -0.2) is 24.7 Å². The third kappa shape index (κ3) is 1.67. The van der Waals surface area contributed by atoms with Crippen LogP contribution in [0, 0.1) is 0 Å². The number of rotatable bonds is 2. The number of ether oxygens (including phenoxy) is 2. The van der Waals surface area contributed by atoms with Gasteiger partial charge in [0, 0.05) is 10.9 Å². The molecule has 0 fully saturated rings. The molecular formula is C18H15NO3. The SMILES string of the molecule is COc1cc2c(cc1OC)-c1cc3ccccc3n1C(=O)C2. The fourth-order valence-electron chi connectivity index (χ4n) is 3.17. The van der Waals surface area contributed by atoms with Crippen LogP contribution in [0.25, 0.3) is 22.2 Å².